The Bertz CT molecular complexity index is 277. The molecular formula is C10H15N2OY+. The summed E-state index contributed by atoms with van der Waals surface area (Å²) in [6.07, 6.45) is 4.61. The number of pyridine rings is 1. The Balaban J connectivity index is 0.00000169. The number of likely N-dealkylation sites (N-methyl/N-ethyl adjacent to an activating group) is 1. The third-order valence-electron chi connectivity index (χ3n) is 2.03. The first kappa shape index (κ1) is 13.7. The van der Waals surface area contributed by atoms with Crippen LogP contribution in [0.25, 0.3) is 0 Å². The zero-order chi connectivity index (χ0) is 9.68. The molecule has 0 bridgehead atoms. The van der Waals surface area contributed by atoms with Gasteiger partial charge >= 0.3 is 0 Å². The third kappa shape index (κ3) is 3.47. The molecule has 14 heavy (non-hydrogen) atoms. The quantitative estimate of drug-likeness (QED) is 0.803. The fourth-order valence-corrected chi connectivity index (χ4v) is 1.32. The first-order valence-corrected chi connectivity index (χ1v) is 4.47. The van der Waals surface area contributed by atoms with E-state index in [4.69, 9.17) is 0 Å². The second kappa shape index (κ2) is 7.07. The molecule has 0 aliphatic heterocycles. The van der Waals surface area contributed by atoms with Crippen LogP contribution >= 0.6 is 0 Å². The summed E-state index contributed by atoms with van der Waals surface area (Å²) in [5.41, 5.74) is 0. The Kier molecular flexibility index (Phi) is 6.93. The number of carbonyl (C=O) groups is 1. The van der Waals surface area contributed by atoms with Crippen LogP contribution in [0.4, 0.5) is 0 Å². The second-order valence-corrected chi connectivity index (χ2v) is 2.86. The molecule has 1 aromatic rings. The molecule has 1 N–H and O–H groups in total. The monoisotopic (exact) mass is 268 g/mol. The van der Waals surface area contributed by atoms with Gasteiger partial charge in [0.25, 0.3) is 5.91 Å². The van der Waals surface area contributed by atoms with E-state index in [2.05, 4.69) is 5.32 Å². The van der Waals surface area contributed by atoms with E-state index in [1.807, 2.05) is 42.1 Å². The minimum atomic E-state index is -0.0915. The summed E-state index contributed by atoms with van der Waals surface area (Å²) in [6, 6.07) is 5.69. The van der Waals surface area contributed by atoms with Crippen molar-refractivity contribution in [2.75, 3.05) is 7.05 Å². The van der Waals surface area contributed by atoms with Crippen LogP contribution in [0.2, 0.25) is 0 Å². The van der Waals surface area contributed by atoms with Crippen LogP contribution in [0.15, 0.2) is 30.6 Å². The van der Waals surface area contributed by atoms with E-state index in [9.17, 15) is 4.79 Å². The van der Waals surface area contributed by atoms with E-state index in [1.165, 1.54) is 0 Å². The van der Waals surface area contributed by atoms with Crippen LogP contribution in [-0.2, 0) is 37.5 Å². The van der Waals surface area contributed by atoms with Crippen LogP contribution in [-0.4, -0.2) is 13.0 Å². The van der Waals surface area contributed by atoms with Crippen molar-refractivity contribution in [3.63, 3.8) is 0 Å². The zero-order valence-electron chi connectivity index (χ0n) is 8.60. The average Bonchev–Trinajstić information content (AvgIpc) is 2.20. The number of hydrogen-bond acceptors (Lipinski definition) is 1. The smallest absolute Gasteiger partial charge is 0.288 e. The third-order valence-corrected chi connectivity index (χ3v) is 2.03. The Morgan fingerprint density at radius 1 is 1.36 bits per heavy atom. The van der Waals surface area contributed by atoms with Crippen molar-refractivity contribution in [3.8, 4) is 0 Å². The molecule has 1 heterocycles. The van der Waals surface area contributed by atoms with Gasteiger partial charge in [-0.25, -0.2) is 0 Å². The van der Waals surface area contributed by atoms with E-state index < -0.39 is 0 Å². The summed E-state index contributed by atoms with van der Waals surface area (Å²) < 4.78 is 1.92. The molecular weight excluding hydrogens is 253 g/mol. The number of nitrogens with one attached hydrogen (secondary N) is 1. The van der Waals surface area contributed by atoms with Gasteiger partial charge < -0.3 is 5.32 Å². The van der Waals surface area contributed by atoms with Gasteiger partial charge in [0.15, 0.2) is 12.4 Å². The topological polar surface area (TPSA) is 33.0 Å². The maximum Gasteiger partial charge on any atom is 0.288 e. The molecule has 0 saturated carbocycles. The van der Waals surface area contributed by atoms with Crippen molar-refractivity contribution in [2.24, 2.45) is 0 Å². The van der Waals surface area contributed by atoms with Crippen molar-refractivity contribution in [1.82, 2.24) is 5.32 Å². The molecule has 1 radical (unpaired) electrons. The zero-order valence-corrected chi connectivity index (χ0v) is 11.4. The molecule has 0 aromatic carbocycles. The summed E-state index contributed by atoms with van der Waals surface area (Å²) in [7, 11) is 1.66. The average molecular weight is 268 g/mol. The molecule has 0 aliphatic rings. The van der Waals surface area contributed by atoms with Gasteiger partial charge in [0.05, 0.1) is 0 Å². The number of rotatable bonds is 3. The van der Waals surface area contributed by atoms with E-state index in [1.54, 1.807) is 7.05 Å². The molecule has 1 amide bonds. The Hall–Kier alpha value is -0.276. The van der Waals surface area contributed by atoms with Gasteiger partial charge in [0.2, 0.25) is 6.04 Å². The number of amides is 1. The summed E-state index contributed by atoms with van der Waals surface area (Å²) in [5, 5.41) is 2.65. The standard InChI is InChI=1S/C10H14N2O.Y/c1-3-9(10(13)11-2)12-7-5-4-6-8-12;/h4-9H,3H2,1-2H3;/p+1. The Morgan fingerprint density at radius 2 is 1.93 bits per heavy atom. The van der Waals surface area contributed by atoms with Crippen molar-refractivity contribution in [3.05, 3.63) is 30.6 Å². The number of carbonyl (C=O) groups excluding carboxylic acids is 1. The summed E-state index contributed by atoms with van der Waals surface area (Å²) in [4.78, 5) is 11.4. The maximum absolute atomic E-state index is 11.4. The molecule has 4 heteroatoms. The van der Waals surface area contributed by atoms with Crippen molar-refractivity contribution < 1.29 is 42.1 Å². The molecule has 0 fully saturated rings. The number of nitrogens with zero attached hydrogens (tertiary/aromatic N) is 1. The fraction of sp³-hybridized carbons (Fsp3) is 0.400. The van der Waals surface area contributed by atoms with Crippen molar-refractivity contribution >= 4 is 5.91 Å². The predicted molar refractivity (Wildman–Crippen MR) is 50.0 cm³/mol. The summed E-state index contributed by atoms with van der Waals surface area (Å²) in [6.45, 7) is 2.00. The fourth-order valence-electron chi connectivity index (χ4n) is 1.32. The summed E-state index contributed by atoms with van der Waals surface area (Å²) in [5.74, 6) is 0.0544. The van der Waals surface area contributed by atoms with Crippen molar-refractivity contribution in [1.29, 1.82) is 0 Å². The molecule has 1 aromatic heterocycles. The van der Waals surface area contributed by atoms with Gasteiger partial charge in [-0.2, -0.15) is 4.57 Å². The minimum absolute atomic E-state index is 0. The van der Waals surface area contributed by atoms with Gasteiger partial charge in [-0.15, -0.1) is 0 Å². The molecule has 3 nitrogen and oxygen atoms in total. The van der Waals surface area contributed by atoms with E-state index in [0.29, 0.717) is 0 Å². The Labute approximate surface area is 110 Å². The van der Waals surface area contributed by atoms with Gasteiger partial charge in [0, 0.05) is 58.3 Å². The van der Waals surface area contributed by atoms with Crippen LogP contribution in [0, 0.1) is 0 Å². The second-order valence-electron chi connectivity index (χ2n) is 2.86. The number of hydrogen-bond donors (Lipinski definition) is 1. The molecule has 1 unspecified atom stereocenters. The van der Waals surface area contributed by atoms with E-state index in [0.717, 1.165) is 6.42 Å². The molecule has 73 valence electrons. The molecule has 1 atom stereocenters. The van der Waals surface area contributed by atoms with Crippen molar-refractivity contribution in [2.45, 2.75) is 19.4 Å². The van der Waals surface area contributed by atoms with Gasteiger partial charge in [-0.1, -0.05) is 13.0 Å². The number of aromatic nitrogens is 1. The van der Waals surface area contributed by atoms with E-state index in [-0.39, 0.29) is 44.7 Å². The van der Waals surface area contributed by atoms with Crippen LogP contribution in [0.3, 0.4) is 0 Å². The molecule has 0 spiro atoms. The Morgan fingerprint density at radius 3 is 2.36 bits per heavy atom. The van der Waals surface area contributed by atoms with Crippen LogP contribution < -0.4 is 9.88 Å². The molecule has 1 rings (SSSR count). The van der Waals surface area contributed by atoms with Gasteiger partial charge in [0.1, 0.15) is 0 Å². The van der Waals surface area contributed by atoms with E-state index >= 15 is 0 Å². The summed E-state index contributed by atoms with van der Waals surface area (Å²) >= 11 is 0. The normalized spacial score (nSPS) is 11.3. The van der Waals surface area contributed by atoms with Crippen LogP contribution in [0.1, 0.15) is 19.4 Å². The van der Waals surface area contributed by atoms with Gasteiger partial charge in [-0.3, -0.25) is 4.79 Å². The SMILES string of the molecule is CCC(C(=O)NC)[n+]1ccccc1.[Y]. The largest absolute Gasteiger partial charge is 0.353 e. The molecule has 0 saturated heterocycles. The van der Waals surface area contributed by atoms with Crippen LogP contribution in [0.5, 0.6) is 0 Å². The van der Waals surface area contributed by atoms with Gasteiger partial charge in [-0.05, 0) is 0 Å². The first-order valence-electron chi connectivity index (χ1n) is 4.47. The maximum atomic E-state index is 11.4. The first-order chi connectivity index (χ1) is 6.29. The molecule has 0 aliphatic carbocycles. The minimum Gasteiger partial charge on any atom is -0.353 e. The predicted octanol–water partition coefficient (Wildman–Crippen LogP) is 0.669.